The van der Waals surface area contributed by atoms with E-state index in [1.165, 1.54) is 7.05 Å². The first kappa shape index (κ1) is 16.5. The van der Waals surface area contributed by atoms with E-state index in [4.69, 9.17) is 9.47 Å². The smallest absolute Gasteiger partial charge is 0.413 e. The van der Waals surface area contributed by atoms with Gasteiger partial charge >= 0.3 is 6.09 Å². The van der Waals surface area contributed by atoms with Gasteiger partial charge in [0.05, 0.1) is 7.11 Å². The van der Waals surface area contributed by atoms with Gasteiger partial charge in [0.25, 0.3) is 0 Å². The molecule has 0 unspecified atom stereocenters. The van der Waals surface area contributed by atoms with Crippen molar-refractivity contribution in [1.29, 1.82) is 0 Å². The molecule has 2 N–H and O–H groups in total. The molecule has 23 heavy (non-hydrogen) atoms. The number of likely N-dealkylation sites (N-methyl/N-ethyl adjacent to an activating group) is 1. The molecular weight excluding hydrogens is 298 g/mol. The Kier molecular flexibility index (Phi) is 5.74. The van der Waals surface area contributed by atoms with Crippen molar-refractivity contribution in [3.05, 3.63) is 36.0 Å². The highest BCUT2D eigenvalue weighted by Gasteiger charge is 2.22. The fourth-order valence-corrected chi connectivity index (χ4v) is 2.09. The van der Waals surface area contributed by atoms with Gasteiger partial charge in [-0.1, -0.05) is 0 Å². The van der Waals surface area contributed by atoms with Crippen molar-refractivity contribution >= 4 is 18.2 Å². The molecule has 0 spiro atoms. The summed E-state index contributed by atoms with van der Waals surface area (Å²) in [7, 11) is 3.07. The highest BCUT2D eigenvalue weighted by molar-refractivity contribution is 5.86. The van der Waals surface area contributed by atoms with Crippen molar-refractivity contribution in [2.45, 2.75) is 18.9 Å². The van der Waals surface area contributed by atoms with Crippen molar-refractivity contribution in [3.63, 3.8) is 0 Å². The molecule has 1 aromatic rings. The van der Waals surface area contributed by atoms with E-state index in [-0.39, 0.29) is 5.91 Å². The summed E-state index contributed by atoms with van der Waals surface area (Å²) in [5, 5.41) is 5.10. The maximum Gasteiger partial charge on any atom is 0.413 e. The minimum Gasteiger partial charge on any atom is -0.497 e. The molecule has 0 saturated carbocycles. The molecule has 1 atom stereocenters. The molecule has 0 radical (unpaired) electrons. The third-order valence-corrected chi connectivity index (χ3v) is 3.31. The second-order valence-electron chi connectivity index (χ2n) is 4.90. The van der Waals surface area contributed by atoms with Crippen LogP contribution in [-0.2, 0) is 4.79 Å². The SMILES string of the molecule is CNC(=O)[C@H](CC1=CN=CC1)NC(=O)Oc1ccc(OC)cc1. The number of ether oxygens (including phenoxy) is 2. The van der Waals surface area contributed by atoms with Crippen molar-refractivity contribution in [1.82, 2.24) is 10.6 Å². The van der Waals surface area contributed by atoms with Crippen LogP contribution in [0.3, 0.4) is 0 Å². The molecule has 2 rings (SSSR count). The van der Waals surface area contributed by atoms with E-state index in [9.17, 15) is 9.59 Å². The van der Waals surface area contributed by atoms with E-state index in [0.717, 1.165) is 5.57 Å². The molecule has 2 amide bonds. The number of carbonyl (C=O) groups excluding carboxylic acids is 2. The minimum absolute atomic E-state index is 0.288. The van der Waals surface area contributed by atoms with E-state index >= 15 is 0 Å². The van der Waals surface area contributed by atoms with E-state index in [2.05, 4.69) is 15.6 Å². The van der Waals surface area contributed by atoms with E-state index in [1.807, 2.05) is 0 Å². The lowest BCUT2D eigenvalue weighted by molar-refractivity contribution is -0.122. The van der Waals surface area contributed by atoms with Gasteiger partial charge in [-0.2, -0.15) is 0 Å². The van der Waals surface area contributed by atoms with Gasteiger partial charge in [0.15, 0.2) is 0 Å². The highest BCUT2D eigenvalue weighted by Crippen LogP contribution is 2.18. The normalized spacial score (nSPS) is 13.9. The molecule has 7 heteroatoms. The molecule has 1 aromatic carbocycles. The molecule has 0 fully saturated rings. The van der Waals surface area contributed by atoms with Crippen LogP contribution in [0.2, 0.25) is 0 Å². The van der Waals surface area contributed by atoms with Crippen molar-refractivity contribution in [2.75, 3.05) is 14.2 Å². The number of methoxy groups -OCH3 is 1. The Hall–Kier alpha value is -2.83. The zero-order valence-electron chi connectivity index (χ0n) is 13.0. The molecule has 1 heterocycles. The summed E-state index contributed by atoms with van der Waals surface area (Å²) in [6, 6.07) is 5.87. The molecule has 0 bridgehead atoms. The fourth-order valence-electron chi connectivity index (χ4n) is 2.09. The van der Waals surface area contributed by atoms with Crippen LogP contribution in [0.1, 0.15) is 12.8 Å². The molecule has 0 aromatic heterocycles. The van der Waals surface area contributed by atoms with Crippen molar-refractivity contribution < 1.29 is 19.1 Å². The summed E-state index contributed by atoms with van der Waals surface area (Å²) in [5.74, 6) is 0.737. The maximum absolute atomic E-state index is 12.0. The lowest BCUT2D eigenvalue weighted by Gasteiger charge is -2.17. The first-order chi connectivity index (χ1) is 11.1. The summed E-state index contributed by atoms with van der Waals surface area (Å²) in [6.07, 6.45) is 3.83. The summed E-state index contributed by atoms with van der Waals surface area (Å²) in [5.41, 5.74) is 0.975. The van der Waals surface area contributed by atoms with Crippen LogP contribution >= 0.6 is 0 Å². The third-order valence-electron chi connectivity index (χ3n) is 3.31. The first-order valence-electron chi connectivity index (χ1n) is 7.16. The minimum atomic E-state index is -0.710. The van der Waals surface area contributed by atoms with E-state index in [0.29, 0.717) is 24.3 Å². The lowest BCUT2D eigenvalue weighted by Crippen LogP contribution is -2.46. The van der Waals surface area contributed by atoms with Crippen LogP contribution in [0.25, 0.3) is 0 Å². The standard InChI is InChI=1S/C16H19N3O4/c1-17-15(20)14(9-11-7-8-18-10-11)19-16(21)23-13-5-3-12(22-2)4-6-13/h3-6,8,10,14H,7,9H2,1-2H3,(H,17,20)(H,19,21)/t14-/m0/s1. The quantitative estimate of drug-likeness (QED) is 0.835. The molecule has 122 valence electrons. The number of hydrogen-bond donors (Lipinski definition) is 2. The van der Waals surface area contributed by atoms with Crippen LogP contribution < -0.4 is 20.1 Å². The molecule has 7 nitrogen and oxygen atoms in total. The van der Waals surface area contributed by atoms with Gasteiger partial charge in [0.1, 0.15) is 17.5 Å². The summed E-state index contributed by atoms with van der Waals surface area (Å²) in [6.45, 7) is 0. The Morgan fingerprint density at radius 3 is 2.52 bits per heavy atom. The Morgan fingerprint density at radius 1 is 1.26 bits per heavy atom. The molecule has 1 aliphatic rings. The number of carbonyl (C=O) groups is 2. The Balaban J connectivity index is 1.94. The van der Waals surface area contributed by atoms with Crippen LogP contribution in [-0.4, -0.2) is 38.4 Å². The second-order valence-corrected chi connectivity index (χ2v) is 4.90. The maximum atomic E-state index is 12.0. The van der Waals surface area contributed by atoms with Crippen LogP contribution in [0.4, 0.5) is 4.79 Å². The zero-order chi connectivity index (χ0) is 16.7. The van der Waals surface area contributed by atoms with Crippen LogP contribution in [0.5, 0.6) is 11.5 Å². The number of hydrogen-bond acceptors (Lipinski definition) is 5. The van der Waals surface area contributed by atoms with Crippen molar-refractivity contribution in [2.24, 2.45) is 4.99 Å². The monoisotopic (exact) mass is 317 g/mol. The van der Waals surface area contributed by atoms with Crippen molar-refractivity contribution in [3.8, 4) is 11.5 Å². The van der Waals surface area contributed by atoms with Gasteiger partial charge in [-0.3, -0.25) is 9.79 Å². The average molecular weight is 317 g/mol. The summed E-state index contributed by atoms with van der Waals surface area (Å²) in [4.78, 5) is 27.9. The third kappa shape index (κ3) is 4.84. The van der Waals surface area contributed by atoms with Gasteiger partial charge in [-0.05, 0) is 36.3 Å². The fraction of sp³-hybridized carbons (Fsp3) is 0.312. The lowest BCUT2D eigenvalue weighted by atomic mass is 10.1. The number of rotatable bonds is 6. The number of aliphatic imine (C=N–C) groups is 1. The topological polar surface area (TPSA) is 89.0 Å². The summed E-state index contributed by atoms with van der Waals surface area (Å²) < 4.78 is 10.2. The van der Waals surface area contributed by atoms with Gasteiger partial charge in [0, 0.05) is 25.9 Å². The predicted molar refractivity (Wildman–Crippen MR) is 85.8 cm³/mol. The van der Waals surface area contributed by atoms with Crippen LogP contribution in [0, 0.1) is 0 Å². The Morgan fingerprint density at radius 2 is 1.96 bits per heavy atom. The average Bonchev–Trinajstić information content (AvgIpc) is 3.07. The van der Waals surface area contributed by atoms with Gasteiger partial charge in [0.2, 0.25) is 5.91 Å². The second kappa shape index (κ2) is 7.98. The van der Waals surface area contributed by atoms with Gasteiger partial charge in [-0.25, -0.2) is 4.79 Å². The van der Waals surface area contributed by atoms with E-state index < -0.39 is 12.1 Å². The predicted octanol–water partition coefficient (Wildman–Crippen LogP) is 1.65. The molecule has 0 aliphatic carbocycles. The highest BCUT2D eigenvalue weighted by atomic mass is 16.6. The number of nitrogens with one attached hydrogen (secondary N) is 2. The number of benzene rings is 1. The summed E-state index contributed by atoms with van der Waals surface area (Å²) >= 11 is 0. The Bertz CT molecular complexity index is 623. The molecular formula is C16H19N3O4. The number of nitrogens with zero attached hydrogens (tertiary/aromatic N) is 1. The molecule has 0 saturated heterocycles. The van der Waals surface area contributed by atoms with E-state index in [1.54, 1.807) is 43.8 Å². The molecule has 1 aliphatic heterocycles. The zero-order valence-corrected chi connectivity index (χ0v) is 13.0. The van der Waals surface area contributed by atoms with Gasteiger partial charge in [-0.15, -0.1) is 0 Å². The van der Waals surface area contributed by atoms with Gasteiger partial charge < -0.3 is 20.1 Å². The first-order valence-corrected chi connectivity index (χ1v) is 7.16. The van der Waals surface area contributed by atoms with Crippen LogP contribution in [0.15, 0.2) is 41.0 Å². The largest absolute Gasteiger partial charge is 0.497 e. The number of amides is 2. The Labute approximate surface area is 134 Å².